The Bertz CT molecular complexity index is 1190. The molecule has 8 heteroatoms. The Morgan fingerprint density at radius 1 is 1.13 bits per heavy atom. The molecular formula is C30H39N3O4S. The van der Waals surface area contributed by atoms with Crippen molar-refractivity contribution in [3.63, 3.8) is 0 Å². The number of carbonyl (C=O) groups is 3. The number of cyclic esters (lactones) is 1. The maximum atomic E-state index is 13.7. The van der Waals surface area contributed by atoms with Crippen molar-refractivity contribution in [1.29, 1.82) is 0 Å². The minimum atomic E-state index is -0.382. The van der Waals surface area contributed by atoms with Crippen LogP contribution in [0.15, 0.2) is 36.4 Å². The lowest BCUT2D eigenvalue weighted by atomic mass is 9.74. The Hall–Kier alpha value is -2.71. The molecule has 0 saturated carbocycles. The second-order valence-electron chi connectivity index (χ2n) is 11.8. The van der Waals surface area contributed by atoms with E-state index in [1.165, 1.54) is 6.92 Å². The normalized spacial score (nSPS) is 24.0. The summed E-state index contributed by atoms with van der Waals surface area (Å²) in [5.74, 6) is -0.0112. The molecule has 0 bridgehead atoms. The van der Waals surface area contributed by atoms with Crippen molar-refractivity contribution >= 4 is 29.1 Å². The summed E-state index contributed by atoms with van der Waals surface area (Å²) in [6.45, 7) is 9.26. The molecule has 1 spiro atoms. The Balaban J connectivity index is 1.25. The quantitative estimate of drug-likeness (QED) is 0.549. The minimum absolute atomic E-state index is 0.0294. The minimum Gasteiger partial charge on any atom is -0.459 e. The van der Waals surface area contributed by atoms with Gasteiger partial charge >= 0.3 is 5.97 Å². The molecular weight excluding hydrogens is 498 g/mol. The highest BCUT2D eigenvalue weighted by Gasteiger charge is 2.54. The van der Waals surface area contributed by atoms with Crippen LogP contribution in [0.2, 0.25) is 0 Å². The van der Waals surface area contributed by atoms with E-state index in [4.69, 9.17) is 4.74 Å². The maximum Gasteiger partial charge on any atom is 0.314 e. The van der Waals surface area contributed by atoms with Crippen LogP contribution in [-0.2, 0) is 20.7 Å². The SMILES string of the molecule is CC(=O)NCCc1sc(-c2ccccc2)cc1C(=O)N1CCC(N2CCCC3(C2)CC(C)(C)OC3=O)CC1. The van der Waals surface area contributed by atoms with E-state index in [0.717, 1.165) is 66.1 Å². The summed E-state index contributed by atoms with van der Waals surface area (Å²) in [5, 5.41) is 2.86. The molecule has 1 aromatic heterocycles. The van der Waals surface area contributed by atoms with E-state index in [1.54, 1.807) is 11.3 Å². The third-order valence-corrected chi connectivity index (χ3v) is 9.51. The number of piperidine rings is 2. The Morgan fingerprint density at radius 3 is 2.53 bits per heavy atom. The van der Waals surface area contributed by atoms with E-state index in [2.05, 4.69) is 22.3 Å². The van der Waals surface area contributed by atoms with E-state index in [1.807, 2.05) is 43.0 Å². The molecule has 0 aliphatic carbocycles. The molecule has 1 atom stereocenters. The summed E-state index contributed by atoms with van der Waals surface area (Å²) < 4.78 is 5.72. The first-order valence-corrected chi connectivity index (χ1v) is 14.7. The number of nitrogens with zero attached hydrogens (tertiary/aromatic N) is 2. The van der Waals surface area contributed by atoms with Gasteiger partial charge in [-0.15, -0.1) is 11.3 Å². The summed E-state index contributed by atoms with van der Waals surface area (Å²) in [4.78, 5) is 44.5. The Kier molecular flexibility index (Phi) is 7.65. The zero-order chi connectivity index (χ0) is 26.9. The summed E-state index contributed by atoms with van der Waals surface area (Å²) in [7, 11) is 0. The third kappa shape index (κ3) is 5.66. The standard InChI is InChI=1S/C30H39N3O4S/c1-21(34)31-14-10-25-24(18-26(38-25)22-8-5-4-6-9-22)27(35)32-16-11-23(12-17-32)33-15-7-13-30(20-33)19-29(2,3)37-28(30)36/h4-6,8-9,18,23H,7,10-17,19-20H2,1-3H3,(H,31,34). The third-order valence-electron chi connectivity index (χ3n) is 8.26. The highest BCUT2D eigenvalue weighted by molar-refractivity contribution is 7.15. The van der Waals surface area contributed by atoms with Gasteiger partial charge in [-0.05, 0) is 64.1 Å². The molecule has 5 rings (SSSR count). The summed E-state index contributed by atoms with van der Waals surface area (Å²) in [5.41, 5.74) is 1.10. The van der Waals surface area contributed by atoms with Gasteiger partial charge in [0.2, 0.25) is 5.91 Å². The van der Waals surface area contributed by atoms with Crippen molar-refractivity contribution in [3.05, 3.63) is 46.8 Å². The van der Waals surface area contributed by atoms with E-state index < -0.39 is 0 Å². The Labute approximate surface area is 229 Å². The molecule has 3 saturated heterocycles. The van der Waals surface area contributed by atoms with Gasteiger partial charge in [0.1, 0.15) is 5.60 Å². The fraction of sp³-hybridized carbons (Fsp3) is 0.567. The first-order valence-electron chi connectivity index (χ1n) is 13.9. The number of ether oxygens (including phenoxy) is 1. The Morgan fingerprint density at radius 2 is 1.87 bits per heavy atom. The van der Waals surface area contributed by atoms with Crippen molar-refractivity contribution in [1.82, 2.24) is 15.1 Å². The molecule has 0 radical (unpaired) electrons. The summed E-state index contributed by atoms with van der Waals surface area (Å²) >= 11 is 1.64. The second kappa shape index (κ2) is 10.8. The fourth-order valence-corrected chi connectivity index (χ4v) is 7.73. The molecule has 1 unspecified atom stereocenters. The van der Waals surface area contributed by atoms with Crippen molar-refractivity contribution in [2.45, 2.75) is 70.9 Å². The van der Waals surface area contributed by atoms with E-state index in [0.29, 0.717) is 32.1 Å². The maximum absolute atomic E-state index is 13.7. The van der Waals surface area contributed by atoms with Crippen molar-refractivity contribution in [3.8, 4) is 10.4 Å². The number of benzene rings is 1. The number of hydrogen-bond acceptors (Lipinski definition) is 6. The van der Waals surface area contributed by atoms with Gasteiger partial charge in [-0.2, -0.15) is 0 Å². The number of likely N-dealkylation sites (tertiary alicyclic amines) is 2. The average Bonchev–Trinajstić information content (AvgIpc) is 3.41. The molecule has 4 heterocycles. The molecule has 3 aliphatic heterocycles. The van der Waals surface area contributed by atoms with Gasteiger partial charge in [0.25, 0.3) is 5.91 Å². The summed E-state index contributed by atoms with van der Waals surface area (Å²) in [6.07, 6.45) is 5.17. The first-order chi connectivity index (χ1) is 18.2. The molecule has 2 amide bonds. The lowest BCUT2D eigenvalue weighted by molar-refractivity contribution is -0.154. The van der Waals surface area contributed by atoms with Crippen LogP contribution in [0.4, 0.5) is 0 Å². The average molecular weight is 538 g/mol. The largest absolute Gasteiger partial charge is 0.459 e. The van der Waals surface area contributed by atoms with Gasteiger partial charge in [-0.1, -0.05) is 30.3 Å². The number of carbonyl (C=O) groups excluding carboxylic acids is 3. The predicted molar refractivity (Wildman–Crippen MR) is 149 cm³/mol. The second-order valence-corrected chi connectivity index (χ2v) is 12.9. The number of nitrogens with one attached hydrogen (secondary N) is 1. The molecule has 3 fully saturated rings. The molecule has 3 aliphatic rings. The van der Waals surface area contributed by atoms with Crippen LogP contribution < -0.4 is 5.32 Å². The van der Waals surface area contributed by atoms with Crippen LogP contribution >= 0.6 is 11.3 Å². The molecule has 204 valence electrons. The number of rotatable bonds is 6. The first kappa shape index (κ1) is 26.9. The van der Waals surface area contributed by atoms with Crippen LogP contribution in [0.25, 0.3) is 10.4 Å². The molecule has 38 heavy (non-hydrogen) atoms. The molecule has 1 N–H and O–H groups in total. The number of hydrogen-bond donors (Lipinski definition) is 1. The topological polar surface area (TPSA) is 79.0 Å². The van der Waals surface area contributed by atoms with Crippen molar-refractivity contribution in [2.75, 3.05) is 32.7 Å². The number of amides is 2. The van der Waals surface area contributed by atoms with Gasteiger partial charge in [0.05, 0.1) is 11.0 Å². The van der Waals surface area contributed by atoms with Crippen LogP contribution in [0.3, 0.4) is 0 Å². The van der Waals surface area contributed by atoms with E-state index in [9.17, 15) is 14.4 Å². The van der Waals surface area contributed by atoms with Gasteiger partial charge < -0.3 is 15.0 Å². The highest BCUT2D eigenvalue weighted by atomic mass is 32.1. The zero-order valence-electron chi connectivity index (χ0n) is 22.8. The van der Waals surface area contributed by atoms with Crippen LogP contribution in [-0.4, -0.2) is 72.0 Å². The lowest BCUT2D eigenvalue weighted by Gasteiger charge is -2.44. The van der Waals surface area contributed by atoms with Gasteiger partial charge in [-0.25, -0.2) is 0 Å². The molecule has 2 aromatic rings. The monoisotopic (exact) mass is 537 g/mol. The molecule has 1 aromatic carbocycles. The van der Waals surface area contributed by atoms with Crippen molar-refractivity contribution < 1.29 is 19.1 Å². The molecule has 7 nitrogen and oxygen atoms in total. The lowest BCUT2D eigenvalue weighted by Crippen LogP contribution is -2.53. The smallest absolute Gasteiger partial charge is 0.314 e. The van der Waals surface area contributed by atoms with Crippen LogP contribution in [0.1, 0.15) is 68.1 Å². The van der Waals surface area contributed by atoms with E-state index >= 15 is 0 Å². The highest BCUT2D eigenvalue weighted by Crippen LogP contribution is 2.46. The number of thiophene rings is 1. The van der Waals surface area contributed by atoms with Crippen molar-refractivity contribution in [2.24, 2.45) is 5.41 Å². The van der Waals surface area contributed by atoms with Crippen LogP contribution in [0, 0.1) is 5.41 Å². The zero-order valence-corrected chi connectivity index (χ0v) is 23.6. The van der Waals surface area contributed by atoms with Gasteiger partial charge in [-0.3, -0.25) is 19.3 Å². The summed E-state index contributed by atoms with van der Waals surface area (Å²) in [6, 6.07) is 12.6. The fourth-order valence-electron chi connectivity index (χ4n) is 6.57. The van der Waals surface area contributed by atoms with Gasteiger partial charge in [0, 0.05) is 55.3 Å². The van der Waals surface area contributed by atoms with Crippen LogP contribution in [0.5, 0.6) is 0 Å². The predicted octanol–water partition coefficient (Wildman–Crippen LogP) is 4.51. The van der Waals surface area contributed by atoms with E-state index in [-0.39, 0.29) is 28.8 Å². The number of esters is 1. The van der Waals surface area contributed by atoms with Gasteiger partial charge in [0.15, 0.2) is 0 Å².